The second-order valence-electron chi connectivity index (χ2n) is 4.01. The summed E-state index contributed by atoms with van der Waals surface area (Å²) < 4.78 is 0.897. The van der Waals surface area contributed by atoms with Gasteiger partial charge in [0.1, 0.15) is 5.02 Å². The molecule has 4 nitrogen and oxygen atoms in total. The lowest BCUT2D eigenvalue weighted by Gasteiger charge is -2.08. The number of halogens is 3. The van der Waals surface area contributed by atoms with Crippen molar-refractivity contribution in [3.05, 3.63) is 66.6 Å². The Morgan fingerprint density at radius 1 is 1.15 bits per heavy atom. The van der Waals surface area contributed by atoms with Crippen LogP contribution in [0.5, 0.6) is 0 Å². The third-order valence-corrected chi connectivity index (χ3v) is 3.81. The Bertz CT molecular complexity index is 665. The zero-order chi connectivity index (χ0) is 14.7. The van der Waals surface area contributed by atoms with Gasteiger partial charge >= 0.3 is 0 Å². The van der Waals surface area contributed by atoms with E-state index in [0.717, 1.165) is 10.0 Å². The third kappa shape index (κ3) is 3.62. The summed E-state index contributed by atoms with van der Waals surface area (Å²) in [6, 6.07) is 10.1. The Morgan fingerprint density at radius 2 is 1.90 bits per heavy atom. The van der Waals surface area contributed by atoms with Crippen LogP contribution in [-0.2, 0) is 6.54 Å². The van der Waals surface area contributed by atoms with Crippen molar-refractivity contribution >= 4 is 50.5 Å². The van der Waals surface area contributed by atoms with E-state index < -0.39 is 4.92 Å². The van der Waals surface area contributed by atoms with Crippen molar-refractivity contribution in [2.75, 3.05) is 5.32 Å². The van der Waals surface area contributed by atoms with Gasteiger partial charge in [0.05, 0.1) is 4.92 Å². The van der Waals surface area contributed by atoms with E-state index in [1.54, 1.807) is 12.1 Å². The molecule has 0 spiro atoms. The SMILES string of the molecule is O=[N+]([O-])c1cc(NCc2ccc(Br)cc2Cl)ccc1Cl. The molecule has 104 valence electrons. The minimum absolute atomic E-state index is 0.113. The van der Waals surface area contributed by atoms with Crippen LogP contribution in [0.2, 0.25) is 10.0 Å². The van der Waals surface area contributed by atoms with Crippen molar-refractivity contribution in [2.45, 2.75) is 6.54 Å². The molecular weight excluding hydrogens is 367 g/mol. The van der Waals surface area contributed by atoms with Crippen LogP contribution in [0.1, 0.15) is 5.56 Å². The van der Waals surface area contributed by atoms with Gasteiger partial charge in [0.15, 0.2) is 0 Å². The predicted molar refractivity (Wildman–Crippen MR) is 84.6 cm³/mol. The first-order valence-corrected chi connectivity index (χ1v) is 7.14. The number of anilines is 1. The number of nitrogens with zero attached hydrogens (tertiary/aromatic N) is 1. The molecule has 0 unspecified atom stereocenters. The number of benzene rings is 2. The molecule has 2 aromatic rings. The summed E-state index contributed by atoms with van der Waals surface area (Å²) in [4.78, 5) is 10.3. The van der Waals surface area contributed by atoms with Crippen molar-refractivity contribution in [3.63, 3.8) is 0 Å². The first-order valence-electron chi connectivity index (χ1n) is 5.59. The van der Waals surface area contributed by atoms with E-state index in [-0.39, 0.29) is 10.7 Å². The Hall–Kier alpha value is -1.30. The number of nitrogens with one attached hydrogen (secondary N) is 1. The molecule has 0 fully saturated rings. The van der Waals surface area contributed by atoms with Crippen LogP contribution >= 0.6 is 39.1 Å². The highest BCUT2D eigenvalue weighted by molar-refractivity contribution is 9.10. The lowest BCUT2D eigenvalue weighted by atomic mass is 10.2. The van der Waals surface area contributed by atoms with Gasteiger partial charge in [0, 0.05) is 27.8 Å². The highest BCUT2D eigenvalue weighted by Crippen LogP contribution is 2.28. The van der Waals surface area contributed by atoms with Crippen LogP contribution < -0.4 is 5.32 Å². The zero-order valence-electron chi connectivity index (χ0n) is 10.1. The van der Waals surface area contributed by atoms with E-state index in [2.05, 4.69) is 21.2 Å². The van der Waals surface area contributed by atoms with Gasteiger partial charge in [-0.3, -0.25) is 10.1 Å². The van der Waals surface area contributed by atoms with Gasteiger partial charge in [-0.15, -0.1) is 0 Å². The standard InChI is InChI=1S/C13H9BrCl2N2O2/c14-9-2-1-8(12(16)5-9)7-17-10-3-4-11(15)13(6-10)18(19)20/h1-6,17H,7H2. The summed E-state index contributed by atoms with van der Waals surface area (Å²) in [7, 11) is 0. The van der Waals surface area contributed by atoms with Gasteiger partial charge in [-0.1, -0.05) is 45.2 Å². The molecule has 0 saturated heterocycles. The molecule has 0 amide bonds. The maximum absolute atomic E-state index is 10.8. The molecule has 0 aliphatic carbocycles. The second-order valence-corrected chi connectivity index (χ2v) is 5.74. The number of hydrogen-bond acceptors (Lipinski definition) is 3. The number of nitro groups is 1. The summed E-state index contributed by atoms with van der Waals surface area (Å²) in [5.74, 6) is 0. The summed E-state index contributed by atoms with van der Waals surface area (Å²) in [6.45, 7) is 0.463. The zero-order valence-corrected chi connectivity index (χ0v) is 13.2. The molecule has 2 rings (SSSR count). The molecule has 1 N–H and O–H groups in total. The highest BCUT2D eigenvalue weighted by atomic mass is 79.9. The average Bonchev–Trinajstić information content (AvgIpc) is 2.39. The normalized spacial score (nSPS) is 10.3. The molecule has 2 aromatic carbocycles. The van der Waals surface area contributed by atoms with Gasteiger partial charge in [0.2, 0.25) is 0 Å². The van der Waals surface area contributed by atoms with Gasteiger partial charge in [-0.2, -0.15) is 0 Å². The van der Waals surface area contributed by atoms with Gasteiger partial charge in [0.25, 0.3) is 5.69 Å². The summed E-state index contributed by atoms with van der Waals surface area (Å²) >= 11 is 15.2. The summed E-state index contributed by atoms with van der Waals surface area (Å²) in [5.41, 5.74) is 1.38. The van der Waals surface area contributed by atoms with Crippen molar-refractivity contribution in [3.8, 4) is 0 Å². The van der Waals surface area contributed by atoms with Crippen LogP contribution in [0.3, 0.4) is 0 Å². The van der Waals surface area contributed by atoms with E-state index in [9.17, 15) is 10.1 Å². The van der Waals surface area contributed by atoms with Crippen LogP contribution in [0, 0.1) is 10.1 Å². The maximum atomic E-state index is 10.8. The van der Waals surface area contributed by atoms with E-state index in [0.29, 0.717) is 17.3 Å². The van der Waals surface area contributed by atoms with Crippen LogP contribution in [-0.4, -0.2) is 4.92 Å². The molecule has 0 radical (unpaired) electrons. The van der Waals surface area contributed by atoms with Crippen LogP contribution in [0.4, 0.5) is 11.4 Å². The lowest BCUT2D eigenvalue weighted by molar-refractivity contribution is -0.384. The average molecular weight is 376 g/mol. The first kappa shape index (κ1) is 15.1. The maximum Gasteiger partial charge on any atom is 0.289 e. The molecule has 0 bridgehead atoms. The Labute approximate surface area is 134 Å². The molecule has 0 saturated carbocycles. The molecule has 7 heteroatoms. The van der Waals surface area contributed by atoms with Crippen molar-refractivity contribution in [1.29, 1.82) is 0 Å². The molecular formula is C13H9BrCl2N2O2. The third-order valence-electron chi connectivity index (χ3n) is 2.64. The Kier molecular flexibility index (Phi) is 4.86. The van der Waals surface area contributed by atoms with Gasteiger partial charge < -0.3 is 5.32 Å². The smallest absolute Gasteiger partial charge is 0.289 e. The van der Waals surface area contributed by atoms with E-state index in [4.69, 9.17) is 23.2 Å². The highest BCUT2D eigenvalue weighted by Gasteiger charge is 2.12. The second kappa shape index (κ2) is 6.43. The fourth-order valence-electron chi connectivity index (χ4n) is 1.62. The van der Waals surface area contributed by atoms with Crippen LogP contribution in [0.25, 0.3) is 0 Å². The summed E-state index contributed by atoms with van der Waals surface area (Å²) in [5, 5.41) is 14.6. The monoisotopic (exact) mass is 374 g/mol. The van der Waals surface area contributed by atoms with Crippen molar-refractivity contribution in [1.82, 2.24) is 0 Å². The Morgan fingerprint density at radius 3 is 2.55 bits per heavy atom. The van der Waals surface area contributed by atoms with Crippen LogP contribution in [0.15, 0.2) is 40.9 Å². The van der Waals surface area contributed by atoms with Crippen molar-refractivity contribution in [2.24, 2.45) is 0 Å². The molecule has 0 heterocycles. The fraction of sp³-hybridized carbons (Fsp3) is 0.0769. The molecule has 0 aromatic heterocycles. The van der Waals surface area contributed by atoms with Gasteiger partial charge in [-0.05, 0) is 29.8 Å². The van der Waals surface area contributed by atoms with E-state index >= 15 is 0 Å². The number of nitro benzene ring substituents is 1. The number of hydrogen-bond donors (Lipinski definition) is 1. The summed E-state index contributed by atoms with van der Waals surface area (Å²) in [6.07, 6.45) is 0. The molecule has 0 atom stereocenters. The van der Waals surface area contributed by atoms with Crippen molar-refractivity contribution < 1.29 is 4.92 Å². The molecule has 20 heavy (non-hydrogen) atoms. The quantitative estimate of drug-likeness (QED) is 0.584. The minimum atomic E-state index is -0.514. The Balaban J connectivity index is 2.15. The molecule has 0 aliphatic heterocycles. The van der Waals surface area contributed by atoms with E-state index in [1.165, 1.54) is 12.1 Å². The van der Waals surface area contributed by atoms with Gasteiger partial charge in [-0.25, -0.2) is 0 Å². The minimum Gasteiger partial charge on any atom is -0.381 e. The van der Waals surface area contributed by atoms with E-state index in [1.807, 2.05) is 12.1 Å². The fourth-order valence-corrected chi connectivity index (χ4v) is 2.55. The topological polar surface area (TPSA) is 55.2 Å². The number of rotatable bonds is 4. The first-order chi connectivity index (χ1) is 9.47. The largest absolute Gasteiger partial charge is 0.381 e. The predicted octanol–water partition coefficient (Wildman–Crippen LogP) is 5.28. The molecule has 0 aliphatic rings. The lowest BCUT2D eigenvalue weighted by Crippen LogP contribution is -2.01.